The van der Waals surface area contributed by atoms with E-state index in [1.165, 1.54) is 6.92 Å². The molecular formula is C45H68O16. The smallest absolute Gasteiger partial charge is 0.338 e. The Labute approximate surface area is 357 Å². The van der Waals surface area contributed by atoms with Gasteiger partial charge in [0.25, 0.3) is 0 Å². The van der Waals surface area contributed by atoms with Crippen LogP contribution in [-0.2, 0) is 47.6 Å². The van der Waals surface area contributed by atoms with Gasteiger partial charge in [-0.2, -0.15) is 0 Å². The maximum atomic E-state index is 14.9. The highest BCUT2D eigenvalue weighted by atomic mass is 16.8. The van der Waals surface area contributed by atoms with Crippen LogP contribution in [0.1, 0.15) is 113 Å². The highest BCUT2D eigenvalue weighted by Crippen LogP contribution is 2.75. The summed E-state index contributed by atoms with van der Waals surface area (Å²) in [6.07, 6.45) is -10.5. The molecule has 16 nitrogen and oxygen atoms in total. The first-order valence-electron chi connectivity index (χ1n) is 22.1. The van der Waals surface area contributed by atoms with E-state index in [0.717, 1.165) is 44.8 Å². The summed E-state index contributed by atoms with van der Waals surface area (Å²) < 4.78 is 34.2. The van der Waals surface area contributed by atoms with Gasteiger partial charge < -0.3 is 59.1 Å². The van der Waals surface area contributed by atoms with E-state index in [4.69, 9.17) is 28.4 Å². The van der Waals surface area contributed by atoms with Gasteiger partial charge in [-0.15, -0.1) is 0 Å². The van der Waals surface area contributed by atoms with E-state index in [1.807, 2.05) is 13.0 Å². The van der Waals surface area contributed by atoms with Gasteiger partial charge in [0.2, 0.25) is 0 Å². The molecule has 0 aromatic carbocycles. The Morgan fingerprint density at radius 3 is 2.02 bits per heavy atom. The maximum Gasteiger partial charge on any atom is 0.338 e. The Kier molecular flexibility index (Phi) is 12.1. The summed E-state index contributed by atoms with van der Waals surface area (Å²) in [6.45, 7) is 16.5. The van der Waals surface area contributed by atoms with Crippen LogP contribution in [0.25, 0.3) is 0 Å². The molecule has 0 radical (unpaired) electrons. The third-order valence-electron chi connectivity index (χ3n) is 17.7. The fourth-order valence-corrected chi connectivity index (χ4v) is 13.7. The molecule has 0 aromatic heterocycles. The maximum absolute atomic E-state index is 14.9. The molecule has 2 saturated heterocycles. The Bertz CT molecular complexity index is 1780. The summed E-state index contributed by atoms with van der Waals surface area (Å²) in [5.74, 6) is -3.11. The quantitative estimate of drug-likeness (QED) is 0.152. The fraction of sp³-hybridized carbons (Fsp3) is 0.867. The largest absolute Gasteiger partial charge is 0.481 e. The van der Waals surface area contributed by atoms with Gasteiger partial charge in [0.15, 0.2) is 30.6 Å². The van der Waals surface area contributed by atoms with Crippen LogP contribution >= 0.6 is 0 Å². The zero-order valence-corrected chi connectivity index (χ0v) is 37.0. The molecule has 0 bridgehead atoms. The molecule has 5 aliphatic carbocycles. The van der Waals surface area contributed by atoms with Crippen molar-refractivity contribution >= 4 is 23.7 Å². The molecule has 344 valence electrons. The number of methoxy groups -OCH3 is 1. The topological polar surface area (TPSA) is 245 Å². The molecule has 16 heteroatoms. The molecule has 0 aromatic rings. The van der Waals surface area contributed by atoms with E-state index in [9.17, 15) is 49.8 Å². The number of aliphatic carboxylic acids is 1. The van der Waals surface area contributed by atoms with Crippen LogP contribution < -0.4 is 0 Å². The minimum absolute atomic E-state index is 0.00761. The van der Waals surface area contributed by atoms with E-state index < -0.39 is 107 Å². The Morgan fingerprint density at radius 2 is 1.38 bits per heavy atom. The Balaban J connectivity index is 1.17. The summed E-state index contributed by atoms with van der Waals surface area (Å²) in [6, 6.07) is 0. The van der Waals surface area contributed by atoms with E-state index in [2.05, 4.69) is 41.5 Å². The van der Waals surface area contributed by atoms with Gasteiger partial charge in [-0.1, -0.05) is 47.1 Å². The molecule has 0 spiro atoms. The number of allylic oxidation sites excluding steroid dienone is 2. The van der Waals surface area contributed by atoms with Crippen LogP contribution in [0.4, 0.5) is 0 Å². The molecule has 0 amide bonds. The molecule has 6 N–H and O–H groups in total. The SMILES string of the molecule is CCOC(=O)[C@H]1O[C@@H](O[C@H]2[C@@H](O[C@H]3CC[C@]4(C)[C@H]5C(=O)C=C6[C@@H]7C[C@@](C)(C(=O)O)CC[C@]7(C)CC[C@@]6(C)[C@]5(C)CC[C@H]4C3(C)C)O[C@H](C(=O)OC)[C@@H](O)[C@@H]2O)[C@H](O)[C@@H](O)[C@@H]1O. The number of carboxylic acid groups (broad SMARTS) is 1. The van der Waals surface area contributed by atoms with E-state index in [-0.39, 0.29) is 41.0 Å². The Morgan fingerprint density at radius 1 is 0.754 bits per heavy atom. The first kappa shape index (κ1) is 46.5. The van der Waals surface area contributed by atoms with E-state index in [0.29, 0.717) is 25.7 Å². The minimum atomic E-state index is -1.94. The third-order valence-corrected chi connectivity index (χ3v) is 17.7. The molecular weight excluding hydrogens is 796 g/mol. The number of hydrogen-bond acceptors (Lipinski definition) is 15. The van der Waals surface area contributed by atoms with Crippen LogP contribution in [0.2, 0.25) is 0 Å². The molecule has 7 rings (SSSR count). The fourth-order valence-electron chi connectivity index (χ4n) is 13.7. The number of carbonyl (C=O) groups excluding carboxylic acids is 3. The highest BCUT2D eigenvalue weighted by molar-refractivity contribution is 5.95. The first-order valence-corrected chi connectivity index (χ1v) is 22.1. The van der Waals surface area contributed by atoms with Gasteiger partial charge in [-0.3, -0.25) is 9.59 Å². The van der Waals surface area contributed by atoms with Gasteiger partial charge in [-0.05, 0) is 117 Å². The minimum Gasteiger partial charge on any atom is -0.481 e. The predicted molar refractivity (Wildman–Crippen MR) is 213 cm³/mol. The van der Waals surface area contributed by atoms with Crippen molar-refractivity contribution in [2.24, 2.45) is 50.2 Å². The lowest BCUT2D eigenvalue weighted by Crippen LogP contribution is -2.68. The molecule has 6 fully saturated rings. The van der Waals surface area contributed by atoms with Crippen molar-refractivity contribution in [1.29, 1.82) is 0 Å². The van der Waals surface area contributed by atoms with Gasteiger partial charge in [-0.25, -0.2) is 9.59 Å². The number of hydrogen-bond donors (Lipinski definition) is 6. The number of aliphatic hydroxyl groups excluding tert-OH is 5. The van der Waals surface area contributed by atoms with Crippen molar-refractivity contribution in [2.45, 2.75) is 181 Å². The number of ketones is 1. The van der Waals surface area contributed by atoms with Crippen LogP contribution in [0.5, 0.6) is 0 Å². The van der Waals surface area contributed by atoms with Crippen molar-refractivity contribution < 1.29 is 78.2 Å². The lowest BCUT2D eigenvalue weighted by Gasteiger charge is -2.70. The second-order valence-corrected chi connectivity index (χ2v) is 21.2. The average molecular weight is 865 g/mol. The molecule has 2 aliphatic heterocycles. The van der Waals surface area contributed by atoms with Crippen LogP contribution in [-0.4, -0.2) is 136 Å². The number of esters is 2. The number of rotatable bonds is 8. The number of aliphatic hydroxyl groups is 5. The van der Waals surface area contributed by atoms with Gasteiger partial charge in [0.1, 0.15) is 36.6 Å². The average Bonchev–Trinajstić information content (AvgIpc) is 3.19. The molecule has 0 unspecified atom stereocenters. The normalized spacial score (nSPS) is 50.5. The summed E-state index contributed by atoms with van der Waals surface area (Å²) in [7, 11) is 1.10. The molecule has 61 heavy (non-hydrogen) atoms. The molecule has 7 aliphatic rings. The van der Waals surface area contributed by atoms with Gasteiger partial charge in [0, 0.05) is 5.92 Å². The van der Waals surface area contributed by atoms with Crippen molar-refractivity contribution in [1.82, 2.24) is 0 Å². The molecule has 4 saturated carbocycles. The summed E-state index contributed by atoms with van der Waals surface area (Å²) in [5, 5.41) is 65.0. The van der Waals surface area contributed by atoms with Crippen molar-refractivity contribution in [3.63, 3.8) is 0 Å². The zero-order valence-electron chi connectivity index (χ0n) is 37.0. The summed E-state index contributed by atoms with van der Waals surface area (Å²) >= 11 is 0. The van der Waals surface area contributed by atoms with Crippen LogP contribution in [0, 0.1) is 50.2 Å². The number of fused-ring (bicyclic) bond motifs is 7. The summed E-state index contributed by atoms with van der Waals surface area (Å²) in [5.41, 5.74) is -1.66. The second-order valence-electron chi connectivity index (χ2n) is 21.2. The second kappa shape index (κ2) is 15.9. The lowest BCUT2D eigenvalue weighted by atomic mass is 9.33. The summed E-state index contributed by atoms with van der Waals surface area (Å²) in [4.78, 5) is 53.0. The first-order chi connectivity index (χ1) is 28.3. The van der Waals surface area contributed by atoms with Gasteiger partial charge in [0.05, 0.1) is 25.2 Å². The van der Waals surface area contributed by atoms with Crippen molar-refractivity contribution in [3.05, 3.63) is 11.6 Å². The zero-order chi connectivity index (χ0) is 45.0. The number of ether oxygens (including phenoxy) is 6. The molecule has 2 heterocycles. The van der Waals surface area contributed by atoms with E-state index in [1.54, 1.807) is 0 Å². The monoisotopic (exact) mass is 864 g/mol. The lowest BCUT2D eigenvalue weighted by molar-refractivity contribution is -0.371. The van der Waals surface area contributed by atoms with Crippen molar-refractivity contribution in [2.75, 3.05) is 13.7 Å². The van der Waals surface area contributed by atoms with Gasteiger partial charge >= 0.3 is 17.9 Å². The number of carbonyl (C=O) groups is 4. The Hall–Kier alpha value is -2.54. The number of carboxylic acids is 1. The standard InChI is InChI=1S/C45H68O16/c1-10-57-36(53)32-27(48)26(47)30(51)37(59-32)61-33-29(50)28(49)31(35(52)56-9)60-38(33)58-25-12-13-43(6)24(40(25,2)3)11-14-45(8)34(43)23(46)19-21-22-20-42(5,39(54)55)16-15-41(22,4)17-18-44(21,45)7/h19,22,24-34,37-38,47-51H,10-18,20H2,1-9H3,(H,54,55)/t22-,24-,25-,26-,27-,28-,29-,30+,31-,32-,33+,34+,37-,38-,41+,42-,43-,44+,45+/m0/s1. The predicted octanol–water partition coefficient (Wildman–Crippen LogP) is 2.81. The van der Waals surface area contributed by atoms with Crippen LogP contribution in [0.15, 0.2) is 11.6 Å². The highest BCUT2D eigenvalue weighted by Gasteiger charge is 2.71. The third kappa shape index (κ3) is 7.04. The van der Waals surface area contributed by atoms with Crippen molar-refractivity contribution in [3.8, 4) is 0 Å². The molecule has 19 atom stereocenters. The van der Waals surface area contributed by atoms with Crippen LogP contribution in [0.3, 0.4) is 0 Å². The van der Waals surface area contributed by atoms with E-state index >= 15 is 0 Å².